The van der Waals surface area contributed by atoms with E-state index in [9.17, 15) is 14.4 Å². The fraction of sp³-hybridized carbons (Fsp3) is 0.438. The summed E-state index contributed by atoms with van der Waals surface area (Å²) in [5, 5.41) is 13.7. The first kappa shape index (κ1) is 18.6. The number of nitrogens with two attached hydrogens (primary N) is 1. The van der Waals surface area contributed by atoms with Crippen molar-refractivity contribution in [2.45, 2.75) is 45.3 Å². The molecule has 0 aliphatic rings. The number of carboxylic acids is 1. The van der Waals surface area contributed by atoms with Gasteiger partial charge < -0.3 is 21.5 Å². The molecule has 0 spiro atoms. The Morgan fingerprint density at radius 2 is 1.83 bits per heavy atom. The van der Waals surface area contributed by atoms with Crippen LogP contribution in [0, 0.1) is 6.92 Å². The monoisotopic (exact) mass is 321 g/mol. The molecular weight excluding hydrogens is 298 g/mol. The van der Waals surface area contributed by atoms with E-state index in [0.29, 0.717) is 6.54 Å². The quantitative estimate of drug-likeness (QED) is 0.549. The minimum absolute atomic E-state index is 0.00324. The number of amides is 2. The van der Waals surface area contributed by atoms with E-state index in [0.717, 1.165) is 11.1 Å². The zero-order valence-electron chi connectivity index (χ0n) is 13.3. The molecule has 5 N–H and O–H groups in total. The summed E-state index contributed by atoms with van der Waals surface area (Å²) >= 11 is 0. The van der Waals surface area contributed by atoms with Gasteiger partial charge in [-0.15, -0.1) is 0 Å². The Kier molecular flexibility index (Phi) is 7.21. The molecule has 0 aliphatic heterocycles. The topological polar surface area (TPSA) is 122 Å². The van der Waals surface area contributed by atoms with Gasteiger partial charge in [0.2, 0.25) is 11.8 Å². The number of hydrogen-bond acceptors (Lipinski definition) is 4. The number of aryl methyl sites for hydroxylation is 1. The third-order valence-electron chi connectivity index (χ3n) is 3.35. The smallest absolute Gasteiger partial charge is 0.325 e. The van der Waals surface area contributed by atoms with Crippen molar-refractivity contribution in [1.82, 2.24) is 10.6 Å². The summed E-state index contributed by atoms with van der Waals surface area (Å²) < 4.78 is 0. The largest absolute Gasteiger partial charge is 0.480 e. The van der Waals surface area contributed by atoms with Crippen molar-refractivity contribution in [2.24, 2.45) is 5.73 Å². The molecule has 0 saturated carbocycles. The summed E-state index contributed by atoms with van der Waals surface area (Å²) in [6.45, 7) is 3.72. The van der Waals surface area contributed by atoms with E-state index in [1.165, 1.54) is 6.92 Å². The molecule has 7 nitrogen and oxygen atoms in total. The predicted octanol–water partition coefficient (Wildman–Crippen LogP) is 0.308. The molecule has 1 aromatic rings. The van der Waals surface area contributed by atoms with Crippen molar-refractivity contribution < 1.29 is 19.5 Å². The summed E-state index contributed by atoms with van der Waals surface area (Å²) in [5.41, 5.74) is 7.84. The van der Waals surface area contributed by atoms with Crippen LogP contribution in [0.25, 0.3) is 0 Å². The van der Waals surface area contributed by atoms with Gasteiger partial charge in [-0.05, 0) is 25.8 Å². The molecular formula is C16H23N3O4. The molecule has 2 atom stereocenters. The fourth-order valence-electron chi connectivity index (χ4n) is 1.82. The molecule has 0 unspecified atom stereocenters. The molecule has 23 heavy (non-hydrogen) atoms. The van der Waals surface area contributed by atoms with Crippen LogP contribution < -0.4 is 16.4 Å². The Hall–Kier alpha value is -2.41. The molecule has 1 rings (SSSR count). The average Bonchev–Trinajstić information content (AvgIpc) is 2.51. The van der Waals surface area contributed by atoms with Crippen LogP contribution in [0.1, 0.15) is 30.9 Å². The van der Waals surface area contributed by atoms with Crippen LogP contribution in [0.4, 0.5) is 0 Å². The number of carboxylic acid groups (broad SMARTS) is 1. The number of carbonyl (C=O) groups is 3. The number of rotatable bonds is 8. The second kappa shape index (κ2) is 8.89. The Balaban J connectivity index is 2.32. The summed E-state index contributed by atoms with van der Waals surface area (Å²) in [4.78, 5) is 34.0. The number of benzene rings is 1. The van der Waals surface area contributed by atoms with Gasteiger partial charge in [0.05, 0.1) is 6.04 Å². The number of carbonyl (C=O) groups excluding carboxylic acids is 2. The first-order chi connectivity index (χ1) is 10.8. The molecule has 0 saturated heterocycles. The van der Waals surface area contributed by atoms with E-state index < -0.39 is 24.0 Å². The second-order valence-electron chi connectivity index (χ2n) is 5.48. The van der Waals surface area contributed by atoms with Gasteiger partial charge in [0.1, 0.15) is 6.04 Å². The lowest BCUT2D eigenvalue weighted by Crippen LogP contribution is -2.42. The minimum atomic E-state index is -1.11. The van der Waals surface area contributed by atoms with Gasteiger partial charge in [-0.3, -0.25) is 14.4 Å². The van der Waals surface area contributed by atoms with Crippen LogP contribution in [0.15, 0.2) is 24.3 Å². The molecule has 126 valence electrons. The van der Waals surface area contributed by atoms with Crippen LogP contribution in [0.5, 0.6) is 0 Å². The predicted molar refractivity (Wildman–Crippen MR) is 85.5 cm³/mol. The summed E-state index contributed by atoms with van der Waals surface area (Å²) in [6, 6.07) is 5.97. The molecule has 0 heterocycles. The summed E-state index contributed by atoms with van der Waals surface area (Å²) in [7, 11) is 0. The van der Waals surface area contributed by atoms with Crippen molar-refractivity contribution in [1.29, 1.82) is 0 Å². The van der Waals surface area contributed by atoms with Gasteiger partial charge in [0.25, 0.3) is 0 Å². The lowest BCUT2D eigenvalue weighted by atomic mass is 10.1. The molecule has 1 aromatic carbocycles. The highest BCUT2D eigenvalue weighted by Crippen LogP contribution is 2.03. The fourth-order valence-corrected chi connectivity index (χ4v) is 1.82. The van der Waals surface area contributed by atoms with Crippen molar-refractivity contribution in [3.8, 4) is 0 Å². The van der Waals surface area contributed by atoms with Gasteiger partial charge in [-0.25, -0.2) is 0 Å². The van der Waals surface area contributed by atoms with Crippen LogP contribution in [0.2, 0.25) is 0 Å². The standard InChI is InChI=1S/C16H23N3O4/c1-10-3-5-12(6-4-10)9-18-15(21)13(17)7-8-14(20)19-11(2)16(22)23/h3-6,11,13H,7-9,17H2,1-2H3,(H,18,21)(H,19,20)(H,22,23)/t11-,13-/m0/s1. The van der Waals surface area contributed by atoms with Gasteiger partial charge in [-0.2, -0.15) is 0 Å². The third-order valence-corrected chi connectivity index (χ3v) is 3.35. The van der Waals surface area contributed by atoms with Gasteiger partial charge in [0.15, 0.2) is 0 Å². The molecule has 0 radical (unpaired) electrons. The molecule has 0 fully saturated rings. The SMILES string of the molecule is Cc1ccc(CNC(=O)[C@@H](N)CCC(=O)N[C@@H](C)C(=O)O)cc1. The Morgan fingerprint density at radius 3 is 2.39 bits per heavy atom. The first-order valence-electron chi connectivity index (χ1n) is 7.40. The zero-order chi connectivity index (χ0) is 17.4. The van der Waals surface area contributed by atoms with Crippen molar-refractivity contribution in [3.05, 3.63) is 35.4 Å². The number of hydrogen-bond donors (Lipinski definition) is 4. The normalized spacial score (nSPS) is 13.0. The van der Waals surface area contributed by atoms with Crippen molar-refractivity contribution in [3.63, 3.8) is 0 Å². The Bertz CT molecular complexity index is 557. The Labute approximate surface area is 135 Å². The highest BCUT2D eigenvalue weighted by Gasteiger charge is 2.17. The number of nitrogens with one attached hydrogen (secondary N) is 2. The van der Waals surface area contributed by atoms with Crippen molar-refractivity contribution in [2.75, 3.05) is 0 Å². The zero-order valence-corrected chi connectivity index (χ0v) is 13.3. The summed E-state index contributed by atoms with van der Waals surface area (Å²) in [5.74, 6) is -1.90. The van der Waals surface area contributed by atoms with Gasteiger partial charge in [-0.1, -0.05) is 29.8 Å². The van der Waals surface area contributed by atoms with E-state index in [1.54, 1.807) is 0 Å². The van der Waals surface area contributed by atoms with Crippen LogP contribution >= 0.6 is 0 Å². The lowest BCUT2D eigenvalue weighted by Gasteiger charge is -2.13. The van der Waals surface area contributed by atoms with E-state index in [2.05, 4.69) is 10.6 Å². The maximum Gasteiger partial charge on any atom is 0.325 e. The van der Waals surface area contributed by atoms with E-state index in [4.69, 9.17) is 10.8 Å². The maximum atomic E-state index is 11.9. The minimum Gasteiger partial charge on any atom is -0.480 e. The van der Waals surface area contributed by atoms with Crippen LogP contribution in [0.3, 0.4) is 0 Å². The molecule has 2 amide bonds. The van der Waals surface area contributed by atoms with Crippen molar-refractivity contribution >= 4 is 17.8 Å². The van der Waals surface area contributed by atoms with E-state index >= 15 is 0 Å². The highest BCUT2D eigenvalue weighted by atomic mass is 16.4. The Morgan fingerprint density at radius 1 is 1.22 bits per heavy atom. The molecule has 0 aromatic heterocycles. The van der Waals surface area contributed by atoms with Gasteiger partial charge in [0, 0.05) is 13.0 Å². The van der Waals surface area contributed by atoms with E-state index in [-0.39, 0.29) is 18.7 Å². The lowest BCUT2D eigenvalue weighted by molar-refractivity contribution is -0.141. The third kappa shape index (κ3) is 6.92. The van der Waals surface area contributed by atoms with Crippen LogP contribution in [-0.4, -0.2) is 35.0 Å². The average molecular weight is 321 g/mol. The number of aliphatic carboxylic acids is 1. The first-order valence-corrected chi connectivity index (χ1v) is 7.40. The van der Waals surface area contributed by atoms with Crippen LogP contribution in [-0.2, 0) is 20.9 Å². The molecule has 0 bridgehead atoms. The highest BCUT2D eigenvalue weighted by molar-refractivity contribution is 5.85. The molecule has 7 heteroatoms. The van der Waals surface area contributed by atoms with Gasteiger partial charge >= 0.3 is 5.97 Å². The molecule has 0 aliphatic carbocycles. The van der Waals surface area contributed by atoms with E-state index in [1.807, 2.05) is 31.2 Å². The maximum absolute atomic E-state index is 11.9. The second-order valence-corrected chi connectivity index (χ2v) is 5.48. The summed E-state index contributed by atoms with van der Waals surface area (Å²) in [6.07, 6.45) is 0.147.